The van der Waals surface area contributed by atoms with E-state index in [-0.39, 0.29) is 0 Å². The Morgan fingerprint density at radius 3 is 1.93 bits per heavy atom. The molecule has 0 bridgehead atoms. The van der Waals surface area contributed by atoms with Gasteiger partial charge in [0.2, 0.25) is 0 Å². The summed E-state index contributed by atoms with van der Waals surface area (Å²) in [5.41, 5.74) is 0. The summed E-state index contributed by atoms with van der Waals surface area (Å²) in [6, 6.07) is 0. The van der Waals surface area contributed by atoms with Crippen LogP contribution in [0.3, 0.4) is 0 Å². The molecule has 0 spiro atoms. The maximum atomic E-state index is 11.8. The minimum Gasteiger partial charge on any atom is -0.393 e. The van der Waals surface area contributed by atoms with Crippen LogP contribution in [0.15, 0.2) is 0 Å². The van der Waals surface area contributed by atoms with Gasteiger partial charge in [-0.2, -0.15) is 0 Å². The molecule has 1 unspecified atom stereocenters. The molecule has 0 aromatic heterocycles. The van der Waals surface area contributed by atoms with E-state index in [2.05, 4.69) is 6.92 Å². The molecule has 1 nitrogen and oxygen atoms in total. The van der Waals surface area contributed by atoms with Crippen molar-refractivity contribution in [1.29, 1.82) is 0 Å². The largest absolute Gasteiger partial charge is 0.393 e. The van der Waals surface area contributed by atoms with Gasteiger partial charge in [0.1, 0.15) is 0 Å². The number of aliphatic hydroxyl groups excluding tert-OH is 1. The van der Waals surface area contributed by atoms with E-state index >= 15 is 0 Å². The number of halogens is 1. The monoisotopic (exact) mass is 218 g/mol. The van der Waals surface area contributed by atoms with Gasteiger partial charge >= 0.3 is 0 Å². The molecule has 0 saturated heterocycles. The van der Waals surface area contributed by atoms with E-state index < -0.39 is 12.8 Å². The zero-order chi connectivity index (χ0) is 11.4. The van der Waals surface area contributed by atoms with Gasteiger partial charge in [0, 0.05) is 6.42 Å². The number of alkyl halides is 1. The van der Waals surface area contributed by atoms with Gasteiger partial charge in [-0.15, -0.1) is 0 Å². The lowest BCUT2D eigenvalue weighted by Crippen LogP contribution is -2.06. The van der Waals surface area contributed by atoms with Crippen LogP contribution in [0.25, 0.3) is 0 Å². The first kappa shape index (κ1) is 14.9. The summed E-state index contributed by atoms with van der Waals surface area (Å²) in [6.45, 7) is 1.84. The molecular weight excluding hydrogens is 191 g/mol. The third-order valence-electron chi connectivity index (χ3n) is 2.83. The fourth-order valence-electron chi connectivity index (χ4n) is 1.78. The molecule has 0 aromatic rings. The van der Waals surface area contributed by atoms with Crippen LogP contribution in [-0.4, -0.2) is 17.9 Å². The molecule has 0 heterocycles. The van der Waals surface area contributed by atoms with E-state index in [1.807, 2.05) is 0 Å². The summed E-state index contributed by atoms with van der Waals surface area (Å²) in [6.07, 6.45) is 10.9. The normalized spacial score (nSPS) is 13.0. The fourth-order valence-corrected chi connectivity index (χ4v) is 1.78. The quantitative estimate of drug-likeness (QED) is 0.514. The third kappa shape index (κ3) is 11.8. The highest BCUT2D eigenvalue weighted by Gasteiger charge is 2.02. The van der Waals surface area contributed by atoms with Crippen molar-refractivity contribution >= 4 is 0 Å². The molecule has 2 heteroatoms. The Balaban J connectivity index is 2.98. The minimum atomic E-state index is -0.407. The maximum Gasteiger partial charge on any atom is 0.0919 e. The Morgan fingerprint density at radius 1 is 0.867 bits per heavy atom. The number of hydrogen-bond donors (Lipinski definition) is 1. The van der Waals surface area contributed by atoms with Crippen molar-refractivity contribution in [2.24, 2.45) is 0 Å². The first-order valence-electron chi connectivity index (χ1n) is 6.55. The van der Waals surface area contributed by atoms with Crippen LogP contribution in [0.4, 0.5) is 4.39 Å². The predicted molar refractivity (Wildman–Crippen MR) is 63.8 cm³/mol. The molecule has 1 N–H and O–H groups in total. The number of rotatable bonds is 11. The minimum absolute atomic E-state index is 0.316. The summed E-state index contributed by atoms with van der Waals surface area (Å²) < 4.78 is 11.8. The highest BCUT2D eigenvalue weighted by molar-refractivity contribution is 4.55. The van der Waals surface area contributed by atoms with Gasteiger partial charge in [-0.1, -0.05) is 58.3 Å². The summed E-state index contributed by atoms with van der Waals surface area (Å²) in [5.74, 6) is 0. The molecule has 0 aromatic carbocycles. The van der Waals surface area contributed by atoms with Crippen molar-refractivity contribution in [2.75, 3.05) is 6.67 Å². The van der Waals surface area contributed by atoms with Gasteiger partial charge in [-0.05, 0) is 6.42 Å². The Morgan fingerprint density at radius 2 is 1.40 bits per heavy atom. The van der Waals surface area contributed by atoms with Gasteiger partial charge in [-0.3, -0.25) is 4.39 Å². The van der Waals surface area contributed by atoms with Gasteiger partial charge in [0.15, 0.2) is 0 Å². The average molecular weight is 218 g/mol. The van der Waals surface area contributed by atoms with Crippen LogP contribution < -0.4 is 0 Å². The maximum absolute atomic E-state index is 11.8. The first-order valence-corrected chi connectivity index (χ1v) is 6.55. The van der Waals surface area contributed by atoms with E-state index in [1.165, 1.54) is 44.9 Å². The van der Waals surface area contributed by atoms with E-state index in [1.54, 1.807) is 0 Å². The molecule has 0 aliphatic heterocycles. The molecule has 1 atom stereocenters. The Labute approximate surface area is 94.1 Å². The van der Waals surface area contributed by atoms with Crippen LogP contribution in [0.2, 0.25) is 0 Å². The zero-order valence-electron chi connectivity index (χ0n) is 10.2. The second-order valence-corrected chi connectivity index (χ2v) is 4.40. The molecule has 15 heavy (non-hydrogen) atoms. The Hall–Kier alpha value is -0.110. The van der Waals surface area contributed by atoms with Crippen molar-refractivity contribution in [3.8, 4) is 0 Å². The topological polar surface area (TPSA) is 20.2 Å². The Kier molecular flexibility index (Phi) is 11.9. The average Bonchev–Trinajstić information content (AvgIpc) is 2.22. The van der Waals surface area contributed by atoms with Gasteiger partial charge in [0.05, 0.1) is 12.8 Å². The smallest absolute Gasteiger partial charge is 0.0919 e. The van der Waals surface area contributed by atoms with Crippen LogP contribution in [0.1, 0.15) is 71.1 Å². The molecule has 92 valence electrons. The van der Waals surface area contributed by atoms with E-state index in [0.717, 1.165) is 12.8 Å². The Bertz CT molecular complexity index is 117. The summed E-state index contributed by atoms with van der Waals surface area (Å²) in [7, 11) is 0. The molecule has 0 fully saturated rings. The third-order valence-corrected chi connectivity index (χ3v) is 2.83. The van der Waals surface area contributed by atoms with E-state index in [0.29, 0.717) is 6.42 Å². The molecule has 0 radical (unpaired) electrons. The van der Waals surface area contributed by atoms with Crippen molar-refractivity contribution < 1.29 is 9.50 Å². The SMILES string of the molecule is CCCCCCCCCCC(O)CCF. The molecule has 0 rings (SSSR count). The number of hydrogen-bond acceptors (Lipinski definition) is 1. The highest BCUT2D eigenvalue weighted by atomic mass is 19.1. The first-order chi connectivity index (χ1) is 7.31. The number of unbranched alkanes of at least 4 members (excludes halogenated alkanes) is 7. The van der Waals surface area contributed by atoms with Crippen LogP contribution in [-0.2, 0) is 0 Å². The highest BCUT2D eigenvalue weighted by Crippen LogP contribution is 2.11. The molecule has 0 saturated carbocycles. The van der Waals surface area contributed by atoms with Gasteiger partial charge in [-0.25, -0.2) is 0 Å². The van der Waals surface area contributed by atoms with Gasteiger partial charge in [0.25, 0.3) is 0 Å². The fraction of sp³-hybridized carbons (Fsp3) is 1.00. The zero-order valence-corrected chi connectivity index (χ0v) is 10.2. The lowest BCUT2D eigenvalue weighted by molar-refractivity contribution is 0.141. The lowest BCUT2D eigenvalue weighted by atomic mass is 10.0. The van der Waals surface area contributed by atoms with E-state index in [4.69, 9.17) is 0 Å². The predicted octanol–water partition coefficient (Wildman–Crippen LogP) is 4.24. The molecule has 0 amide bonds. The van der Waals surface area contributed by atoms with Crippen molar-refractivity contribution in [3.63, 3.8) is 0 Å². The van der Waals surface area contributed by atoms with Gasteiger partial charge < -0.3 is 5.11 Å². The van der Waals surface area contributed by atoms with Crippen LogP contribution in [0.5, 0.6) is 0 Å². The second-order valence-electron chi connectivity index (χ2n) is 4.40. The summed E-state index contributed by atoms with van der Waals surface area (Å²) >= 11 is 0. The standard InChI is InChI=1S/C13H27FO/c1-2-3-4-5-6-7-8-9-10-13(15)11-12-14/h13,15H,2-12H2,1H3. The van der Waals surface area contributed by atoms with Crippen molar-refractivity contribution in [2.45, 2.75) is 77.2 Å². The lowest BCUT2D eigenvalue weighted by Gasteiger charge is -2.07. The van der Waals surface area contributed by atoms with Crippen LogP contribution in [0, 0.1) is 0 Å². The summed E-state index contributed by atoms with van der Waals surface area (Å²) in [4.78, 5) is 0. The van der Waals surface area contributed by atoms with Crippen molar-refractivity contribution in [3.05, 3.63) is 0 Å². The molecular formula is C13H27FO. The van der Waals surface area contributed by atoms with E-state index in [9.17, 15) is 9.50 Å². The second kappa shape index (κ2) is 12.0. The summed E-state index contributed by atoms with van der Waals surface area (Å²) in [5, 5.41) is 9.28. The van der Waals surface area contributed by atoms with Crippen molar-refractivity contribution in [1.82, 2.24) is 0 Å². The molecule has 0 aliphatic rings. The molecule has 0 aliphatic carbocycles. The number of aliphatic hydroxyl groups is 1. The van der Waals surface area contributed by atoms with Crippen LogP contribution >= 0.6 is 0 Å².